The summed E-state index contributed by atoms with van der Waals surface area (Å²) in [6.07, 6.45) is 1.17. The minimum Gasteiger partial charge on any atom is -0.477 e. The molecule has 1 aliphatic rings. The van der Waals surface area contributed by atoms with Crippen molar-refractivity contribution in [2.24, 2.45) is 5.73 Å². The number of pyridine rings is 1. The molecule has 1 fully saturated rings. The summed E-state index contributed by atoms with van der Waals surface area (Å²) in [7, 11) is 0. The van der Waals surface area contributed by atoms with E-state index in [2.05, 4.69) is 0 Å². The third-order valence-electron chi connectivity index (χ3n) is 5.24. The van der Waals surface area contributed by atoms with Crippen LogP contribution in [0.15, 0.2) is 47.4 Å². The first-order valence-electron chi connectivity index (χ1n) is 8.68. The van der Waals surface area contributed by atoms with Gasteiger partial charge in [-0.3, -0.25) is 4.79 Å². The third-order valence-corrected chi connectivity index (χ3v) is 5.24. The molecule has 1 saturated heterocycles. The number of benzene rings is 2. The number of carboxylic acids is 1. The van der Waals surface area contributed by atoms with Crippen LogP contribution in [-0.2, 0) is 0 Å². The Hall–Kier alpha value is -3.26. The number of nitrogens with zero attached hydrogens (tertiary/aromatic N) is 2. The topological polar surface area (TPSA) is 88.6 Å². The van der Waals surface area contributed by atoms with Crippen LogP contribution in [0, 0.1) is 11.6 Å². The summed E-state index contributed by atoms with van der Waals surface area (Å²) in [6.45, 7) is 2.34. The van der Waals surface area contributed by atoms with Crippen molar-refractivity contribution in [3.8, 4) is 5.69 Å². The van der Waals surface area contributed by atoms with E-state index in [0.717, 1.165) is 6.07 Å². The summed E-state index contributed by atoms with van der Waals surface area (Å²) in [5.74, 6) is -2.51. The van der Waals surface area contributed by atoms with Gasteiger partial charge in [0.05, 0.1) is 11.2 Å². The van der Waals surface area contributed by atoms with Gasteiger partial charge in [-0.15, -0.1) is 0 Å². The van der Waals surface area contributed by atoms with Crippen molar-refractivity contribution in [2.75, 3.05) is 11.4 Å². The minimum atomic E-state index is -1.42. The number of carbonyl (C=O) groups is 1. The molecule has 6 nitrogen and oxygen atoms in total. The minimum absolute atomic E-state index is 0.0667. The Balaban J connectivity index is 2.02. The second-order valence-corrected chi connectivity index (χ2v) is 6.90. The maximum atomic E-state index is 14.8. The van der Waals surface area contributed by atoms with Crippen LogP contribution < -0.4 is 16.1 Å². The monoisotopic (exact) mass is 385 g/mol. The van der Waals surface area contributed by atoms with E-state index in [4.69, 9.17) is 5.73 Å². The molecule has 8 heteroatoms. The van der Waals surface area contributed by atoms with Crippen molar-refractivity contribution in [2.45, 2.75) is 19.0 Å². The van der Waals surface area contributed by atoms with Crippen LogP contribution in [0.3, 0.4) is 0 Å². The van der Waals surface area contributed by atoms with Gasteiger partial charge in [0.15, 0.2) is 0 Å². The number of nitrogens with two attached hydrogens (primary N) is 1. The van der Waals surface area contributed by atoms with Crippen LogP contribution in [0.2, 0.25) is 0 Å². The Morgan fingerprint density at radius 1 is 1.21 bits per heavy atom. The number of rotatable bonds is 3. The van der Waals surface area contributed by atoms with E-state index >= 15 is 0 Å². The van der Waals surface area contributed by atoms with Gasteiger partial charge in [0.1, 0.15) is 17.2 Å². The fourth-order valence-electron chi connectivity index (χ4n) is 3.48. The van der Waals surface area contributed by atoms with Crippen molar-refractivity contribution >= 4 is 22.6 Å². The summed E-state index contributed by atoms with van der Waals surface area (Å²) in [5.41, 5.74) is 5.68. The fraction of sp³-hybridized carbons (Fsp3) is 0.200. The number of fused-ring (bicyclic) bond motifs is 1. The first-order chi connectivity index (χ1) is 13.3. The molecule has 0 amide bonds. The Kier molecular flexibility index (Phi) is 4.15. The number of anilines is 1. The highest BCUT2D eigenvalue weighted by molar-refractivity contribution is 5.94. The zero-order valence-corrected chi connectivity index (χ0v) is 14.9. The van der Waals surface area contributed by atoms with E-state index < -0.39 is 28.6 Å². The lowest BCUT2D eigenvalue weighted by molar-refractivity contribution is 0.0695. The van der Waals surface area contributed by atoms with E-state index in [1.807, 2.05) is 6.92 Å². The fourth-order valence-corrected chi connectivity index (χ4v) is 3.48. The van der Waals surface area contributed by atoms with Gasteiger partial charge >= 0.3 is 5.97 Å². The molecule has 0 radical (unpaired) electrons. The summed E-state index contributed by atoms with van der Waals surface area (Å²) in [5, 5.41) is 9.31. The molecule has 2 heterocycles. The van der Waals surface area contributed by atoms with Crippen molar-refractivity contribution in [1.82, 2.24) is 4.57 Å². The maximum absolute atomic E-state index is 14.8. The number of halogens is 2. The highest BCUT2D eigenvalue weighted by Gasteiger charge is 2.34. The van der Waals surface area contributed by atoms with Crippen LogP contribution >= 0.6 is 0 Å². The Bertz CT molecular complexity index is 1160. The lowest BCUT2D eigenvalue weighted by Crippen LogP contribution is -2.63. The standard InChI is InChI=1S/C20H17F2N3O3/c1-10-16(23)9-24(10)18-7-17-13(6-15(18)22)19(26)14(20(27)28)8-25(17)12-4-2-11(21)3-5-12/h2-8,10,16H,9,23H2,1H3,(H,27,28). The Morgan fingerprint density at radius 2 is 1.89 bits per heavy atom. The van der Waals surface area contributed by atoms with E-state index in [1.165, 1.54) is 41.1 Å². The van der Waals surface area contributed by atoms with Crippen LogP contribution in [-0.4, -0.2) is 34.3 Å². The van der Waals surface area contributed by atoms with Crippen molar-refractivity contribution in [3.63, 3.8) is 0 Å². The quantitative estimate of drug-likeness (QED) is 0.723. The third kappa shape index (κ3) is 2.73. The average Bonchev–Trinajstić information content (AvgIpc) is 2.67. The Labute approximate surface area is 158 Å². The van der Waals surface area contributed by atoms with E-state index in [1.54, 1.807) is 4.90 Å². The van der Waals surface area contributed by atoms with Gasteiger partial charge in [0, 0.05) is 35.9 Å². The first-order valence-corrected chi connectivity index (χ1v) is 8.68. The number of aromatic nitrogens is 1. The molecule has 3 aromatic rings. The smallest absolute Gasteiger partial charge is 0.341 e. The number of carboxylic acid groups (broad SMARTS) is 1. The first kappa shape index (κ1) is 18.1. The molecule has 1 aromatic heterocycles. The van der Waals surface area contributed by atoms with Crippen LogP contribution in [0.1, 0.15) is 17.3 Å². The lowest BCUT2D eigenvalue weighted by atomic mass is 9.97. The normalized spacial score (nSPS) is 18.9. The Morgan fingerprint density at radius 3 is 2.46 bits per heavy atom. The molecular formula is C20H17F2N3O3. The molecule has 0 saturated carbocycles. The zero-order chi connectivity index (χ0) is 20.2. The molecule has 1 aliphatic heterocycles. The van der Waals surface area contributed by atoms with Gasteiger partial charge in [0.2, 0.25) is 5.43 Å². The van der Waals surface area contributed by atoms with Gasteiger partial charge < -0.3 is 20.3 Å². The van der Waals surface area contributed by atoms with Crippen LogP contribution in [0.5, 0.6) is 0 Å². The average molecular weight is 385 g/mol. The summed E-state index contributed by atoms with van der Waals surface area (Å²) >= 11 is 0. The molecule has 0 bridgehead atoms. The molecular weight excluding hydrogens is 368 g/mol. The maximum Gasteiger partial charge on any atom is 0.341 e. The van der Waals surface area contributed by atoms with Crippen molar-refractivity contribution < 1.29 is 18.7 Å². The SMILES string of the molecule is CC1C(N)CN1c1cc2c(cc1F)c(=O)c(C(=O)O)cn2-c1ccc(F)cc1. The molecule has 2 aromatic carbocycles. The lowest BCUT2D eigenvalue weighted by Gasteiger charge is -2.46. The highest BCUT2D eigenvalue weighted by atomic mass is 19.1. The second-order valence-electron chi connectivity index (χ2n) is 6.90. The molecule has 0 aliphatic carbocycles. The number of hydrogen-bond acceptors (Lipinski definition) is 4. The van der Waals surface area contributed by atoms with Gasteiger partial charge in [-0.05, 0) is 43.3 Å². The predicted octanol–water partition coefficient (Wildman–Crippen LogP) is 2.50. The molecule has 28 heavy (non-hydrogen) atoms. The van der Waals surface area contributed by atoms with Crippen LogP contribution in [0.4, 0.5) is 14.5 Å². The van der Waals surface area contributed by atoms with Gasteiger partial charge in [0.25, 0.3) is 0 Å². The number of hydrogen-bond donors (Lipinski definition) is 2. The number of aromatic carboxylic acids is 1. The molecule has 2 atom stereocenters. The summed E-state index contributed by atoms with van der Waals surface area (Å²) in [4.78, 5) is 25.9. The molecule has 3 N–H and O–H groups in total. The molecule has 0 spiro atoms. The van der Waals surface area contributed by atoms with E-state index in [0.29, 0.717) is 17.7 Å². The van der Waals surface area contributed by atoms with Crippen molar-refractivity contribution in [3.05, 3.63) is 70.0 Å². The zero-order valence-electron chi connectivity index (χ0n) is 14.9. The van der Waals surface area contributed by atoms with Crippen molar-refractivity contribution in [1.29, 1.82) is 0 Å². The van der Waals surface area contributed by atoms with E-state index in [-0.39, 0.29) is 23.2 Å². The summed E-state index contributed by atoms with van der Waals surface area (Å²) < 4.78 is 29.5. The van der Waals surface area contributed by atoms with Gasteiger partial charge in [-0.1, -0.05) is 0 Å². The van der Waals surface area contributed by atoms with Crippen LogP contribution in [0.25, 0.3) is 16.6 Å². The largest absolute Gasteiger partial charge is 0.477 e. The van der Waals surface area contributed by atoms with Gasteiger partial charge in [-0.2, -0.15) is 0 Å². The second kappa shape index (κ2) is 6.42. The molecule has 2 unspecified atom stereocenters. The predicted molar refractivity (Wildman–Crippen MR) is 101 cm³/mol. The van der Waals surface area contributed by atoms with E-state index in [9.17, 15) is 23.5 Å². The molecule has 4 rings (SSSR count). The highest BCUT2D eigenvalue weighted by Crippen LogP contribution is 2.32. The summed E-state index contributed by atoms with van der Waals surface area (Å²) in [6, 6.07) is 7.76. The molecule has 144 valence electrons. The van der Waals surface area contributed by atoms with Gasteiger partial charge in [-0.25, -0.2) is 13.6 Å².